The lowest BCUT2D eigenvalue weighted by atomic mass is 9.95. The van der Waals surface area contributed by atoms with Crippen LogP contribution in [0.15, 0.2) is 65.9 Å². The van der Waals surface area contributed by atoms with E-state index in [1.807, 2.05) is 54.4 Å². The number of methoxy groups -OCH3 is 1. The van der Waals surface area contributed by atoms with Crippen molar-refractivity contribution in [2.24, 2.45) is 0 Å². The standard InChI is InChI=1S/C23H27N3O4/c1-4-30-22(27)20-19(15-26(2)14-16-8-6-5-7-9-16)24-23(28)25-21(20)17-10-12-18(29-3)13-11-17/h5-13,21H,4,14-15H2,1-3H3,(H2,24,25,28)/t21-/m0/s1. The molecule has 7 nitrogen and oxygen atoms in total. The van der Waals surface area contributed by atoms with Gasteiger partial charge in [0.05, 0.1) is 25.3 Å². The molecule has 3 rings (SSSR count). The molecule has 0 bridgehead atoms. The zero-order valence-electron chi connectivity index (χ0n) is 17.5. The van der Waals surface area contributed by atoms with Gasteiger partial charge in [-0.05, 0) is 37.2 Å². The van der Waals surface area contributed by atoms with E-state index in [0.717, 1.165) is 11.1 Å². The lowest BCUT2D eigenvalue weighted by molar-refractivity contribution is -0.139. The predicted octanol–water partition coefficient (Wildman–Crippen LogP) is 3.00. The summed E-state index contributed by atoms with van der Waals surface area (Å²) in [6.07, 6.45) is 0. The number of benzene rings is 2. The lowest BCUT2D eigenvalue weighted by Crippen LogP contribution is -2.48. The van der Waals surface area contributed by atoms with Crippen molar-refractivity contribution in [2.75, 3.05) is 27.3 Å². The number of amides is 2. The van der Waals surface area contributed by atoms with Crippen molar-refractivity contribution in [3.05, 3.63) is 77.0 Å². The van der Waals surface area contributed by atoms with E-state index in [0.29, 0.717) is 30.1 Å². The Bertz CT molecular complexity index is 910. The number of carbonyl (C=O) groups excluding carboxylic acids is 2. The van der Waals surface area contributed by atoms with Crippen molar-refractivity contribution in [2.45, 2.75) is 19.5 Å². The van der Waals surface area contributed by atoms with Gasteiger partial charge in [0.15, 0.2) is 0 Å². The Morgan fingerprint density at radius 2 is 1.77 bits per heavy atom. The molecule has 1 atom stereocenters. The molecule has 0 saturated heterocycles. The highest BCUT2D eigenvalue weighted by atomic mass is 16.5. The molecule has 2 N–H and O–H groups in total. The third-order valence-electron chi connectivity index (χ3n) is 4.82. The van der Waals surface area contributed by atoms with E-state index in [2.05, 4.69) is 10.6 Å². The van der Waals surface area contributed by atoms with Gasteiger partial charge in [0.25, 0.3) is 0 Å². The first-order valence-corrected chi connectivity index (χ1v) is 9.86. The molecule has 2 aromatic carbocycles. The first-order valence-electron chi connectivity index (χ1n) is 9.86. The summed E-state index contributed by atoms with van der Waals surface area (Å²) in [4.78, 5) is 27.3. The number of hydrogen-bond acceptors (Lipinski definition) is 5. The normalized spacial score (nSPS) is 16.1. The maximum atomic E-state index is 12.8. The maximum Gasteiger partial charge on any atom is 0.338 e. The van der Waals surface area contributed by atoms with Crippen molar-refractivity contribution in [3.8, 4) is 5.75 Å². The second kappa shape index (κ2) is 9.93. The quantitative estimate of drug-likeness (QED) is 0.655. The third kappa shape index (κ3) is 5.18. The average molecular weight is 409 g/mol. The van der Waals surface area contributed by atoms with Crippen molar-refractivity contribution >= 4 is 12.0 Å². The highest BCUT2D eigenvalue weighted by Crippen LogP contribution is 2.29. The monoisotopic (exact) mass is 409 g/mol. The van der Waals surface area contributed by atoms with Crippen LogP contribution in [0.3, 0.4) is 0 Å². The fourth-order valence-corrected chi connectivity index (χ4v) is 3.46. The van der Waals surface area contributed by atoms with Crippen LogP contribution in [0.25, 0.3) is 0 Å². The van der Waals surface area contributed by atoms with Gasteiger partial charge in [0.1, 0.15) is 5.75 Å². The molecule has 2 aromatic rings. The van der Waals surface area contributed by atoms with Crippen molar-refractivity contribution in [3.63, 3.8) is 0 Å². The van der Waals surface area contributed by atoms with Gasteiger partial charge in [-0.15, -0.1) is 0 Å². The van der Waals surface area contributed by atoms with Gasteiger partial charge in [0.2, 0.25) is 0 Å². The molecule has 0 fully saturated rings. The molecule has 2 amide bonds. The van der Waals surface area contributed by atoms with E-state index in [1.165, 1.54) is 0 Å². The van der Waals surface area contributed by atoms with Crippen molar-refractivity contribution < 1.29 is 19.1 Å². The highest BCUT2D eigenvalue weighted by Gasteiger charge is 2.34. The summed E-state index contributed by atoms with van der Waals surface area (Å²) in [7, 11) is 3.53. The van der Waals surface area contributed by atoms with E-state index in [9.17, 15) is 9.59 Å². The minimum absolute atomic E-state index is 0.249. The highest BCUT2D eigenvalue weighted by molar-refractivity contribution is 5.95. The average Bonchev–Trinajstić information content (AvgIpc) is 2.74. The number of rotatable bonds is 8. The largest absolute Gasteiger partial charge is 0.497 e. The van der Waals surface area contributed by atoms with Crippen LogP contribution in [-0.2, 0) is 16.1 Å². The molecular formula is C23H27N3O4. The molecule has 0 saturated carbocycles. The molecule has 7 heteroatoms. The predicted molar refractivity (Wildman–Crippen MR) is 114 cm³/mol. The van der Waals surface area contributed by atoms with Crippen LogP contribution in [0.5, 0.6) is 5.75 Å². The fraction of sp³-hybridized carbons (Fsp3) is 0.304. The number of hydrogen-bond donors (Lipinski definition) is 2. The van der Waals surface area contributed by atoms with Crippen LogP contribution in [0.4, 0.5) is 4.79 Å². The third-order valence-corrected chi connectivity index (χ3v) is 4.82. The minimum Gasteiger partial charge on any atom is -0.497 e. The second-order valence-electron chi connectivity index (χ2n) is 7.08. The second-order valence-corrected chi connectivity index (χ2v) is 7.08. The lowest BCUT2D eigenvalue weighted by Gasteiger charge is -2.31. The van der Waals surface area contributed by atoms with E-state index in [-0.39, 0.29) is 12.6 Å². The Kier molecular flexibility index (Phi) is 7.08. The number of ether oxygens (including phenoxy) is 2. The Labute approximate surface area is 176 Å². The van der Waals surface area contributed by atoms with E-state index in [1.54, 1.807) is 26.2 Å². The minimum atomic E-state index is -0.608. The summed E-state index contributed by atoms with van der Waals surface area (Å²) in [5.41, 5.74) is 2.86. The maximum absolute atomic E-state index is 12.8. The summed E-state index contributed by atoms with van der Waals surface area (Å²) < 4.78 is 10.5. The van der Waals surface area contributed by atoms with Crippen LogP contribution >= 0.6 is 0 Å². The number of urea groups is 1. The number of carbonyl (C=O) groups is 2. The molecule has 0 unspecified atom stereocenters. The molecule has 0 spiro atoms. The molecule has 0 radical (unpaired) electrons. The SMILES string of the molecule is CCOC(=O)C1=C(CN(C)Cc2ccccc2)NC(=O)N[C@H]1c1ccc(OC)cc1. The molecule has 1 aliphatic heterocycles. The van der Waals surface area contributed by atoms with E-state index < -0.39 is 12.0 Å². The Morgan fingerprint density at radius 3 is 2.40 bits per heavy atom. The summed E-state index contributed by atoms with van der Waals surface area (Å²) in [5, 5.41) is 5.65. The summed E-state index contributed by atoms with van der Waals surface area (Å²) in [6.45, 7) is 3.08. The summed E-state index contributed by atoms with van der Waals surface area (Å²) in [6, 6.07) is 16.3. The van der Waals surface area contributed by atoms with Crippen molar-refractivity contribution in [1.82, 2.24) is 15.5 Å². The molecule has 1 heterocycles. The number of nitrogens with one attached hydrogen (secondary N) is 2. The van der Waals surface area contributed by atoms with Crippen molar-refractivity contribution in [1.29, 1.82) is 0 Å². The van der Waals surface area contributed by atoms with Crippen LogP contribution in [0.1, 0.15) is 24.1 Å². The Hall–Kier alpha value is -3.32. The molecule has 0 aromatic heterocycles. The van der Waals surface area contributed by atoms with Gasteiger partial charge in [-0.3, -0.25) is 4.90 Å². The van der Waals surface area contributed by atoms with Crippen LogP contribution in [0, 0.1) is 0 Å². The van der Waals surface area contributed by atoms with Crippen LogP contribution in [-0.4, -0.2) is 44.2 Å². The Morgan fingerprint density at radius 1 is 1.07 bits per heavy atom. The molecule has 0 aliphatic carbocycles. The van der Waals surface area contributed by atoms with Crippen LogP contribution < -0.4 is 15.4 Å². The fourth-order valence-electron chi connectivity index (χ4n) is 3.46. The zero-order chi connectivity index (χ0) is 21.5. The van der Waals surface area contributed by atoms with Gasteiger partial charge < -0.3 is 20.1 Å². The molecule has 30 heavy (non-hydrogen) atoms. The Balaban J connectivity index is 1.92. The molecular weight excluding hydrogens is 382 g/mol. The van der Waals surface area contributed by atoms with Gasteiger partial charge in [-0.1, -0.05) is 42.5 Å². The van der Waals surface area contributed by atoms with E-state index >= 15 is 0 Å². The smallest absolute Gasteiger partial charge is 0.338 e. The molecule has 1 aliphatic rings. The number of esters is 1. The summed E-state index contributed by atoms with van der Waals surface area (Å²) in [5.74, 6) is 0.248. The van der Waals surface area contributed by atoms with Gasteiger partial charge >= 0.3 is 12.0 Å². The van der Waals surface area contributed by atoms with Gasteiger partial charge in [-0.2, -0.15) is 0 Å². The van der Waals surface area contributed by atoms with E-state index in [4.69, 9.17) is 9.47 Å². The van der Waals surface area contributed by atoms with Gasteiger partial charge in [0, 0.05) is 18.8 Å². The summed E-state index contributed by atoms with van der Waals surface area (Å²) >= 11 is 0. The number of likely N-dealkylation sites (N-methyl/N-ethyl adjacent to an activating group) is 1. The zero-order valence-corrected chi connectivity index (χ0v) is 17.5. The number of nitrogens with zero attached hydrogens (tertiary/aromatic N) is 1. The van der Waals surface area contributed by atoms with Crippen LogP contribution in [0.2, 0.25) is 0 Å². The topological polar surface area (TPSA) is 79.9 Å². The first kappa shape index (κ1) is 21.4. The first-order chi connectivity index (χ1) is 14.5. The van der Waals surface area contributed by atoms with Gasteiger partial charge in [-0.25, -0.2) is 9.59 Å². The molecule has 158 valence electrons.